The Morgan fingerprint density at radius 2 is 1.82 bits per heavy atom. The van der Waals surface area contributed by atoms with Crippen molar-refractivity contribution in [2.75, 3.05) is 19.6 Å². The number of benzene rings is 1. The fourth-order valence-corrected chi connectivity index (χ4v) is 2.60. The van der Waals surface area contributed by atoms with E-state index in [0.717, 1.165) is 18.4 Å². The van der Waals surface area contributed by atoms with Gasteiger partial charge in [0.2, 0.25) is 5.91 Å². The van der Waals surface area contributed by atoms with Gasteiger partial charge in [-0.2, -0.15) is 0 Å². The first kappa shape index (κ1) is 16.5. The van der Waals surface area contributed by atoms with E-state index in [1.54, 1.807) is 6.92 Å². The molecule has 0 saturated heterocycles. The summed E-state index contributed by atoms with van der Waals surface area (Å²) in [6.45, 7) is 4.20. The zero-order valence-electron chi connectivity index (χ0n) is 13.1. The van der Waals surface area contributed by atoms with Crippen LogP contribution in [0.15, 0.2) is 30.3 Å². The number of carbonyl (C=O) groups is 2. The van der Waals surface area contributed by atoms with Crippen LogP contribution in [0.5, 0.6) is 0 Å². The van der Waals surface area contributed by atoms with Crippen LogP contribution in [0, 0.1) is 0 Å². The highest BCUT2D eigenvalue weighted by molar-refractivity contribution is 5.74. The number of rotatable bonds is 9. The third-order valence-electron chi connectivity index (χ3n) is 3.94. The van der Waals surface area contributed by atoms with Gasteiger partial charge in [-0.1, -0.05) is 30.3 Å². The first-order valence-electron chi connectivity index (χ1n) is 7.81. The SMILES string of the molecule is CC(=O)N(CCN(CCC(=O)O)Cc1ccccc1)C1CC1. The Bertz CT molecular complexity index is 500. The number of aliphatic carboxylic acids is 1. The highest BCUT2D eigenvalue weighted by Crippen LogP contribution is 2.26. The van der Waals surface area contributed by atoms with Crippen molar-refractivity contribution in [3.8, 4) is 0 Å². The Hall–Kier alpha value is -1.88. The molecule has 0 atom stereocenters. The van der Waals surface area contributed by atoms with Gasteiger partial charge in [0.25, 0.3) is 0 Å². The van der Waals surface area contributed by atoms with Gasteiger partial charge in [-0.25, -0.2) is 0 Å². The Morgan fingerprint density at radius 1 is 1.14 bits per heavy atom. The molecule has 5 heteroatoms. The van der Waals surface area contributed by atoms with Gasteiger partial charge in [0, 0.05) is 39.1 Å². The molecule has 0 spiro atoms. The highest BCUT2D eigenvalue weighted by Gasteiger charge is 2.30. The molecule has 1 saturated carbocycles. The minimum Gasteiger partial charge on any atom is -0.481 e. The van der Waals surface area contributed by atoms with Gasteiger partial charge in [-0.15, -0.1) is 0 Å². The molecule has 1 amide bonds. The molecular weight excluding hydrogens is 280 g/mol. The zero-order valence-corrected chi connectivity index (χ0v) is 13.1. The van der Waals surface area contributed by atoms with Gasteiger partial charge in [0.05, 0.1) is 6.42 Å². The van der Waals surface area contributed by atoms with Crippen molar-refractivity contribution in [3.05, 3.63) is 35.9 Å². The van der Waals surface area contributed by atoms with Gasteiger partial charge in [-0.3, -0.25) is 14.5 Å². The van der Waals surface area contributed by atoms with Crippen molar-refractivity contribution in [1.82, 2.24) is 9.80 Å². The van der Waals surface area contributed by atoms with Crippen molar-refractivity contribution in [2.24, 2.45) is 0 Å². The van der Waals surface area contributed by atoms with Crippen LogP contribution in [0.2, 0.25) is 0 Å². The first-order valence-corrected chi connectivity index (χ1v) is 7.81. The molecule has 120 valence electrons. The lowest BCUT2D eigenvalue weighted by molar-refractivity contribution is -0.137. The van der Waals surface area contributed by atoms with E-state index < -0.39 is 5.97 Å². The van der Waals surface area contributed by atoms with Crippen molar-refractivity contribution in [1.29, 1.82) is 0 Å². The Labute approximate surface area is 131 Å². The molecule has 1 aliphatic rings. The van der Waals surface area contributed by atoms with E-state index in [4.69, 9.17) is 5.11 Å². The van der Waals surface area contributed by atoms with E-state index in [-0.39, 0.29) is 12.3 Å². The predicted octanol–water partition coefficient (Wildman–Crippen LogP) is 1.97. The van der Waals surface area contributed by atoms with Gasteiger partial charge >= 0.3 is 5.97 Å². The number of nitrogens with zero attached hydrogens (tertiary/aromatic N) is 2. The molecule has 1 aromatic rings. The molecular formula is C17H24N2O3. The summed E-state index contributed by atoms with van der Waals surface area (Å²) in [7, 11) is 0. The fourth-order valence-electron chi connectivity index (χ4n) is 2.60. The van der Waals surface area contributed by atoms with Crippen molar-refractivity contribution in [2.45, 2.75) is 38.8 Å². The Kier molecular flexibility index (Phi) is 5.95. The van der Waals surface area contributed by atoms with Crippen LogP contribution in [0.4, 0.5) is 0 Å². The van der Waals surface area contributed by atoms with Crippen LogP contribution in [-0.2, 0) is 16.1 Å². The maximum atomic E-state index is 11.7. The summed E-state index contributed by atoms with van der Waals surface area (Å²) in [5, 5.41) is 8.90. The third kappa shape index (κ3) is 5.48. The fraction of sp³-hybridized carbons (Fsp3) is 0.529. The third-order valence-corrected chi connectivity index (χ3v) is 3.94. The average molecular weight is 304 g/mol. The molecule has 1 fully saturated rings. The quantitative estimate of drug-likeness (QED) is 0.758. The van der Waals surface area contributed by atoms with Crippen LogP contribution < -0.4 is 0 Å². The van der Waals surface area contributed by atoms with E-state index in [9.17, 15) is 9.59 Å². The number of hydrogen-bond acceptors (Lipinski definition) is 3. The molecule has 0 radical (unpaired) electrons. The summed E-state index contributed by atoms with van der Waals surface area (Å²) < 4.78 is 0. The normalized spacial score (nSPS) is 14.1. The molecule has 22 heavy (non-hydrogen) atoms. The van der Waals surface area contributed by atoms with Crippen LogP contribution in [0.3, 0.4) is 0 Å². The minimum absolute atomic E-state index is 0.111. The van der Waals surface area contributed by atoms with Gasteiger partial charge in [0.15, 0.2) is 0 Å². The summed E-state index contributed by atoms with van der Waals surface area (Å²) in [6, 6.07) is 10.4. The average Bonchev–Trinajstić information content (AvgIpc) is 3.30. The second-order valence-corrected chi connectivity index (χ2v) is 5.85. The van der Waals surface area contributed by atoms with Crippen LogP contribution in [0.1, 0.15) is 31.7 Å². The monoisotopic (exact) mass is 304 g/mol. The lowest BCUT2D eigenvalue weighted by Crippen LogP contribution is -2.39. The van der Waals surface area contributed by atoms with E-state index >= 15 is 0 Å². The number of amides is 1. The van der Waals surface area contributed by atoms with Gasteiger partial charge in [0.1, 0.15) is 0 Å². The van der Waals surface area contributed by atoms with E-state index in [2.05, 4.69) is 4.90 Å². The summed E-state index contributed by atoms with van der Waals surface area (Å²) in [5.41, 5.74) is 1.16. The van der Waals surface area contributed by atoms with Crippen molar-refractivity contribution < 1.29 is 14.7 Å². The van der Waals surface area contributed by atoms with Crippen LogP contribution in [0.25, 0.3) is 0 Å². The van der Waals surface area contributed by atoms with E-state index in [1.165, 1.54) is 0 Å². The largest absolute Gasteiger partial charge is 0.481 e. The molecule has 1 N–H and O–H groups in total. The first-order chi connectivity index (χ1) is 10.6. The Morgan fingerprint density at radius 3 is 2.36 bits per heavy atom. The molecule has 0 heterocycles. The van der Waals surface area contributed by atoms with Crippen LogP contribution >= 0.6 is 0 Å². The molecule has 5 nitrogen and oxygen atoms in total. The molecule has 0 aliphatic heterocycles. The maximum Gasteiger partial charge on any atom is 0.304 e. The molecule has 1 aromatic carbocycles. The van der Waals surface area contributed by atoms with E-state index in [1.807, 2.05) is 35.2 Å². The molecule has 0 bridgehead atoms. The highest BCUT2D eigenvalue weighted by atomic mass is 16.4. The molecule has 1 aliphatic carbocycles. The van der Waals surface area contributed by atoms with Gasteiger partial charge < -0.3 is 10.0 Å². The summed E-state index contributed by atoms with van der Waals surface area (Å²) in [5.74, 6) is -0.677. The summed E-state index contributed by atoms with van der Waals surface area (Å²) in [4.78, 5) is 26.5. The van der Waals surface area contributed by atoms with Crippen molar-refractivity contribution in [3.63, 3.8) is 0 Å². The zero-order chi connectivity index (χ0) is 15.9. The summed E-state index contributed by atoms with van der Waals surface area (Å²) in [6.07, 6.45) is 2.30. The second-order valence-electron chi connectivity index (χ2n) is 5.85. The lowest BCUT2D eigenvalue weighted by atomic mass is 10.2. The summed E-state index contributed by atoms with van der Waals surface area (Å²) >= 11 is 0. The number of carbonyl (C=O) groups excluding carboxylic acids is 1. The molecule has 0 aromatic heterocycles. The molecule has 2 rings (SSSR count). The predicted molar refractivity (Wildman–Crippen MR) is 84.4 cm³/mol. The van der Waals surface area contributed by atoms with Gasteiger partial charge in [-0.05, 0) is 18.4 Å². The lowest BCUT2D eigenvalue weighted by Gasteiger charge is -2.27. The maximum absolute atomic E-state index is 11.7. The van der Waals surface area contributed by atoms with Crippen molar-refractivity contribution >= 4 is 11.9 Å². The minimum atomic E-state index is -0.788. The number of carboxylic acids is 1. The standard InChI is InChI=1S/C17H24N2O3/c1-14(20)19(16-7-8-16)12-11-18(10-9-17(21)22)13-15-5-3-2-4-6-15/h2-6,16H,7-13H2,1H3,(H,21,22). The smallest absolute Gasteiger partial charge is 0.304 e. The van der Waals surface area contributed by atoms with Crippen LogP contribution in [-0.4, -0.2) is 52.5 Å². The topological polar surface area (TPSA) is 60.9 Å². The molecule has 0 unspecified atom stereocenters. The second kappa shape index (κ2) is 7.94. The number of carboxylic acid groups (broad SMARTS) is 1. The van der Waals surface area contributed by atoms with E-state index in [0.29, 0.717) is 32.2 Å². The number of hydrogen-bond donors (Lipinski definition) is 1. The Balaban J connectivity index is 1.91.